The Hall–Kier alpha value is -1.31. The summed E-state index contributed by atoms with van der Waals surface area (Å²) in [5.41, 5.74) is -0.849. The van der Waals surface area contributed by atoms with E-state index in [1.165, 1.54) is 6.07 Å². The van der Waals surface area contributed by atoms with Crippen LogP contribution in [0.2, 0.25) is 5.02 Å². The highest BCUT2D eigenvalue weighted by Gasteiger charge is 2.33. The van der Waals surface area contributed by atoms with E-state index in [0.717, 1.165) is 51.3 Å². The summed E-state index contributed by atoms with van der Waals surface area (Å²) >= 11 is 5.59. The van der Waals surface area contributed by atoms with Crippen molar-refractivity contribution < 1.29 is 18.0 Å². The molecule has 0 aromatic heterocycles. The van der Waals surface area contributed by atoms with Gasteiger partial charge in [-0.05, 0) is 37.1 Å². The highest BCUT2D eigenvalue weighted by molar-refractivity contribution is 6.31. The Morgan fingerprint density at radius 2 is 1.81 bits per heavy atom. The Bertz CT molecular complexity index is 614. The molecule has 0 aliphatic carbocycles. The molecule has 2 rings (SSSR count). The van der Waals surface area contributed by atoms with Gasteiger partial charge in [-0.3, -0.25) is 9.69 Å². The number of benzene rings is 1. The number of amides is 1. The summed E-state index contributed by atoms with van der Waals surface area (Å²) in [6, 6.07) is 3.39. The van der Waals surface area contributed by atoms with E-state index in [0.29, 0.717) is 5.92 Å². The Morgan fingerprint density at radius 1 is 1.19 bits per heavy atom. The molecule has 1 aromatic rings. The van der Waals surface area contributed by atoms with Crippen molar-refractivity contribution in [2.45, 2.75) is 26.4 Å². The van der Waals surface area contributed by atoms with Gasteiger partial charge in [-0.15, -0.1) is 0 Å². The molecule has 0 atom stereocenters. The van der Waals surface area contributed by atoms with Gasteiger partial charge in [0, 0.05) is 31.9 Å². The van der Waals surface area contributed by atoms with Gasteiger partial charge in [-0.2, -0.15) is 13.2 Å². The first-order chi connectivity index (χ1) is 12.1. The number of halogens is 4. The average Bonchev–Trinajstić information content (AvgIpc) is 2.55. The molecule has 1 heterocycles. The van der Waals surface area contributed by atoms with Crippen LogP contribution < -0.4 is 5.32 Å². The van der Waals surface area contributed by atoms with Crippen molar-refractivity contribution in [3.63, 3.8) is 0 Å². The first-order valence-corrected chi connectivity index (χ1v) is 9.14. The lowest BCUT2D eigenvalue weighted by atomic mass is 10.1. The van der Waals surface area contributed by atoms with Gasteiger partial charge in [0.25, 0.3) is 0 Å². The van der Waals surface area contributed by atoms with Crippen LogP contribution in [0.1, 0.15) is 25.8 Å². The van der Waals surface area contributed by atoms with Crippen LogP contribution in [-0.2, 0) is 11.0 Å². The number of anilines is 1. The molecule has 1 N–H and O–H groups in total. The maximum Gasteiger partial charge on any atom is 0.417 e. The number of hydrogen-bond donors (Lipinski definition) is 1. The highest BCUT2D eigenvalue weighted by Crippen LogP contribution is 2.36. The van der Waals surface area contributed by atoms with Gasteiger partial charge >= 0.3 is 6.18 Å². The van der Waals surface area contributed by atoms with Crippen molar-refractivity contribution >= 4 is 23.2 Å². The number of carbonyl (C=O) groups excluding carboxylic acids is 1. The van der Waals surface area contributed by atoms with E-state index in [9.17, 15) is 18.0 Å². The third-order valence-electron chi connectivity index (χ3n) is 4.41. The maximum atomic E-state index is 12.9. The van der Waals surface area contributed by atoms with Crippen molar-refractivity contribution in [2.24, 2.45) is 5.92 Å². The van der Waals surface area contributed by atoms with Crippen molar-refractivity contribution in [3.8, 4) is 0 Å². The predicted octanol–water partition coefficient (Wildman–Crippen LogP) is 3.96. The molecule has 1 amide bonds. The summed E-state index contributed by atoms with van der Waals surface area (Å²) < 4.78 is 38.6. The van der Waals surface area contributed by atoms with Crippen molar-refractivity contribution in [1.82, 2.24) is 9.80 Å². The second kappa shape index (κ2) is 9.06. The third kappa shape index (κ3) is 6.45. The Labute approximate surface area is 157 Å². The molecule has 8 heteroatoms. The number of nitrogens with one attached hydrogen (secondary N) is 1. The van der Waals surface area contributed by atoms with E-state index in [2.05, 4.69) is 24.1 Å². The fourth-order valence-corrected chi connectivity index (χ4v) is 3.06. The average molecular weight is 392 g/mol. The second-order valence-corrected chi connectivity index (χ2v) is 7.45. The molecule has 4 nitrogen and oxygen atoms in total. The first-order valence-electron chi connectivity index (χ1n) is 8.76. The normalized spacial score (nSPS) is 16.9. The van der Waals surface area contributed by atoms with Crippen LogP contribution in [0.5, 0.6) is 0 Å². The number of nitrogens with zero attached hydrogens (tertiary/aromatic N) is 2. The van der Waals surface area contributed by atoms with Crippen LogP contribution in [0.3, 0.4) is 0 Å². The van der Waals surface area contributed by atoms with Gasteiger partial charge in [-0.1, -0.05) is 25.4 Å². The monoisotopic (exact) mass is 391 g/mol. The highest BCUT2D eigenvalue weighted by atomic mass is 35.5. The fourth-order valence-electron chi connectivity index (χ4n) is 2.84. The van der Waals surface area contributed by atoms with Gasteiger partial charge in [-0.25, -0.2) is 0 Å². The molecule has 0 bridgehead atoms. The van der Waals surface area contributed by atoms with Crippen LogP contribution in [0.25, 0.3) is 0 Å². The van der Waals surface area contributed by atoms with Gasteiger partial charge in [0.2, 0.25) is 5.91 Å². The SMILES string of the molecule is CC(C)CCN1CCN(CC(=O)Nc2ccc(Cl)c(C(F)(F)F)c2)CC1. The van der Waals surface area contributed by atoms with Crippen molar-refractivity contribution in [3.05, 3.63) is 28.8 Å². The largest absolute Gasteiger partial charge is 0.417 e. The lowest BCUT2D eigenvalue weighted by Crippen LogP contribution is -2.48. The van der Waals surface area contributed by atoms with Crippen LogP contribution in [0.15, 0.2) is 18.2 Å². The Morgan fingerprint density at radius 3 is 2.38 bits per heavy atom. The number of carbonyl (C=O) groups is 1. The molecule has 0 spiro atoms. The van der Waals surface area contributed by atoms with Gasteiger partial charge in [0.05, 0.1) is 17.1 Å². The fraction of sp³-hybridized carbons (Fsp3) is 0.611. The number of hydrogen-bond acceptors (Lipinski definition) is 3. The zero-order valence-electron chi connectivity index (χ0n) is 15.1. The van der Waals surface area contributed by atoms with Gasteiger partial charge in [0.1, 0.15) is 0 Å². The zero-order chi connectivity index (χ0) is 19.3. The van der Waals surface area contributed by atoms with Gasteiger partial charge in [0.15, 0.2) is 0 Å². The molecule has 0 saturated carbocycles. The molecule has 1 saturated heterocycles. The molecule has 26 heavy (non-hydrogen) atoms. The number of rotatable bonds is 6. The number of alkyl halides is 3. The van der Waals surface area contributed by atoms with Crippen LogP contribution in [0, 0.1) is 5.92 Å². The van der Waals surface area contributed by atoms with E-state index < -0.39 is 11.7 Å². The molecular weight excluding hydrogens is 367 g/mol. The summed E-state index contributed by atoms with van der Waals surface area (Å²) in [6.45, 7) is 8.98. The van der Waals surface area contributed by atoms with Crippen molar-refractivity contribution in [1.29, 1.82) is 0 Å². The van der Waals surface area contributed by atoms with E-state index >= 15 is 0 Å². The standard InChI is InChI=1S/C18H25ClF3N3O/c1-13(2)5-6-24-7-9-25(10-8-24)12-17(26)23-14-3-4-16(19)15(11-14)18(20,21)22/h3-4,11,13H,5-10,12H2,1-2H3,(H,23,26). The molecular formula is C18H25ClF3N3O. The summed E-state index contributed by atoms with van der Waals surface area (Å²) in [4.78, 5) is 16.5. The maximum absolute atomic E-state index is 12.9. The predicted molar refractivity (Wildman–Crippen MR) is 97.4 cm³/mol. The van der Waals surface area contributed by atoms with Crippen LogP contribution in [0.4, 0.5) is 18.9 Å². The van der Waals surface area contributed by atoms with Crippen molar-refractivity contribution in [2.75, 3.05) is 44.6 Å². The Balaban J connectivity index is 1.83. The summed E-state index contributed by atoms with van der Waals surface area (Å²) in [5.74, 6) is 0.343. The molecule has 0 unspecified atom stereocenters. The summed E-state index contributed by atoms with van der Waals surface area (Å²) in [6.07, 6.45) is -3.40. The van der Waals surface area contributed by atoms with Gasteiger partial charge < -0.3 is 10.2 Å². The Kier molecular flexibility index (Phi) is 7.32. The van der Waals surface area contributed by atoms with E-state index in [4.69, 9.17) is 11.6 Å². The molecule has 1 aliphatic rings. The molecule has 1 fully saturated rings. The minimum Gasteiger partial charge on any atom is -0.325 e. The molecule has 146 valence electrons. The second-order valence-electron chi connectivity index (χ2n) is 7.04. The van der Waals surface area contributed by atoms with E-state index in [1.807, 2.05) is 4.90 Å². The quantitative estimate of drug-likeness (QED) is 0.797. The summed E-state index contributed by atoms with van der Waals surface area (Å²) in [7, 11) is 0. The van der Waals surface area contributed by atoms with Crippen LogP contribution >= 0.6 is 11.6 Å². The minimum absolute atomic E-state index is 0.0993. The smallest absolute Gasteiger partial charge is 0.325 e. The lowest BCUT2D eigenvalue weighted by Gasteiger charge is -2.34. The molecule has 1 aliphatic heterocycles. The summed E-state index contributed by atoms with van der Waals surface area (Å²) in [5, 5.41) is 2.15. The minimum atomic E-state index is -4.55. The lowest BCUT2D eigenvalue weighted by molar-refractivity contribution is -0.137. The third-order valence-corrected chi connectivity index (χ3v) is 4.74. The molecule has 0 radical (unpaired) electrons. The van der Waals surface area contributed by atoms with Crippen LogP contribution in [-0.4, -0.2) is 55.0 Å². The van der Waals surface area contributed by atoms with E-state index in [-0.39, 0.29) is 23.2 Å². The molecule has 1 aromatic carbocycles. The van der Waals surface area contributed by atoms with E-state index in [1.54, 1.807) is 0 Å². The topological polar surface area (TPSA) is 35.6 Å². The number of piperazine rings is 1. The zero-order valence-corrected chi connectivity index (χ0v) is 15.8. The first kappa shape index (κ1) is 21.0.